The van der Waals surface area contributed by atoms with Gasteiger partial charge in [0, 0.05) is 23.9 Å². The fraction of sp³-hybridized carbons (Fsp3) is 0.526. The van der Waals surface area contributed by atoms with Crippen molar-refractivity contribution < 1.29 is 14.3 Å². The summed E-state index contributed by atoms with van der Waals surface area (Å²) < 4.78 is 10.8. The van der Waals surface area contributed by atoms with E-state index in [-0.39, 0.29) is 17.2 Å². The Morgan fingerprint density at radius 2 is 1.96 bits per heavy atom. The molecule has 2 aliphatic rings. The number of rotatable bonds is 4. The molecule has 1 heterocycles. The lowest BCUT2D eigenvalue weighted by atomic mass is 9.69. The predicted octanol–water partition coefficient (Wildman–Crippen LogP) is 2.95. The van der Waals surface area contributed by atoms with E-state index in [4.69, 9.17) is 9.47 Å². The first-order chi connectivity index (χ1) is 11.0. The van der Waals surface area contributed by atoms with E-state index in [1.165, 1.54) is 5.56 Å². The largest absolute Gasteiger partial charge is 0.493 e. The number of ketones is 1. The molecule has 0 unspecified atom stereocenters. The van der Waals surface area contributed by atoms with Crippen LogP contribution in [-0.4, -0.2) is 43.5 Å². The van der Waals surface area contributed by atoms with Gasteiger partial charge in [0.2, 0.25) is 0 Å². The summed E-state index contributed by atoms with van der Waals surface area (Å²) in [4.78, 5) is 14.5. The molecule has 4 heteroatoms. The van der Waals surface area contributed by atoms with E-state index in [0.29, 0.717) is 12.5 Å². The molecule has 1 aliphatic carbocycles. The highest BCUT2D eigenvalue weighted by atomic mass is 16.5. The van der Waals surface area contributed by atoms with Gasteiger partial charge in [-0.05, 0) is 50.6 Å². The van der Waals surface area contributed by atoms with Crippen molar-refractivity contribution in [1.82, 2.24) is 4.90 Å². The molecular formula is C19H25NO3. The van der Waals surface area contributed by atoms with Gasteiger partial charge >= 0.3 is 0 Å². The van der Waals surface area contributed by atoms with Crippen LogP contribution < -0.4 is 9.47 Å². The van der Waals surface area contributed by atoms with Crippen LogP contribution >= 0.6 is 0 Å². The summed E-state index contributed by atoms with van der Waals surface area (Å²) in [6.07, 6.45) is 5.49. The molecule has 1 fully saturated rings. The predicted molar refractivity (Wildman–Crippen MR) is 90.2 cm³/mol. The van der Waals surface area contributed by atoms with Crippen LogP contribution in [0.15, 0.2) is 30.4 Å². The van der Waals surface area contributed by atoms with Crippen LogP contribution in [0.4, 0.5) is 0 Å². The van der Waals surface area contributed by atoms with Crippen LogP contribution in [0.3, 0.4) is 0 Å². The maximum atomic E-state index is 12.0. The Balaban J connectivity index is 2.08. The molecule has 1 saturated heterocycles. The molecule has 0 radical (unpaired) electrons. The fourth-order valence-corrected chi connectivity index (χ4v) is 4.10. The summed E-state index contributed by atoms with van der Waals surface area (Å²) in [5.41, 5.74) is 1.09. The SMILES string of the molecule is COc1ccc([C@@]23C=CC(=O)C[C@H]2N(C(C)C)CC3)cc1OC. The molecule has 1 aromatic carbocycles. The molecule has 0 spiro atoms. The quantitative estimate of drug-likeness (QED) is 0.856. The van der Waals surface area contributed by atoms with E-state index in [2.05, 4.69) is 37.0 Å². The molecule has 23 heavy (non-hydrogen) atoms. The van der Waals surface area contributed by atoms with Crippen molar-refractivity contribution in [3.05, 3.63) is 35.9 Å². The Bertz CT molecular complexity index is 638. The van der Waals surface area contributed by atoms with Gasteiger partial charge in [0.1, 0.15) is 0 Å². The molecule has 2 atom stereocenters. The third-order valence-corrected chi connectivity index (χ3v) is 5.32. The lowest BCUT2D eigenvalue weighted by Gasteiger charge is -2.40. The zero-order chi connectivity index (χ0) is 16.6. The molecule has 124 valence electrons. The van der Waals surface area contributed by atoms with Crippen LogP contribution in [0, 0.1) is 0 Å². The summed E-state index contributed by atoms with van der Waals surface area (Å²) in [5, 5.41) is 0. The average molecular weight is 315 g/mol. The summed E-state index contributed by atoms with van der Waals surface area (Å²) in [7, 11) is 3.31. The third-order valence-electron chi connectivity index (χ3n) is 5.32. The number of hydrogen-bond donors (Lipinski definition) is 0. The maximum Gasteiger partial charge on any atom is 0.161 e. The Hall–Kier alpha value is -1.81. The summed E-state index contributed by atoms with van der Waals surface area (Å²) in [5.74, 6) is 1.70. The number of nitrogens with zero attached hydrogens (tertiary/aromatic N) is 1. The number of ether oxygens (including phenoxy) is 2. The van der Waals surface area contributed by atoms with Gasteiger partial charge in [0.15, 0.2) is 17.3 Å². The minimum absolute atomic E-state index is 0.113. The van der Waals surface area contributed by atoms with Crippen molar-refractivity contribution in [2.24, 2.45) is 0 Å². The van der Waals surface area contributed by atoms with E-state index >= 15 is 0 Å². The van der Waals surface area contributed by atoms with Gasteiger partial charge in [-0.25, -0.2) is 0 Å². The Kier molecular flexibility index (Phi) is 4.19. The first kappa shape index (κ1) is 16.1. The van der Waals surface area contributed by atoms with Crippen molar-refractivity contribution >= 4 is 5.78 Å². The number of methoxy groups -OCH3 is 2. The smallest absolute Gasteiger partial charge is 0.161 e. The van der Waals surface area contributed by atoms with E-state index < -0.39 is 0 Å². The lowest BCUT2D eigenvalue weighted by molar-refractivity contribution is -0.116. The molecule has 1 aromatic rings. The van der Waals surface area contributed by atoms with Gasteiger partial charge in [0.05, 0.1) is 14.2 Å². The molecule has 1 aliphatic heterocycles. The van der Waals surface area contributed by atoms with Crippen molar-refractivity contribution in [3.8, 4) is 11.5 Å². The van der Waals surface area contributed by atoms with E-state index in [1.807, 2.05) is 6.07 Å². The number of hydrogen-bond acceptors (Lipinski definition) is 4. The van der Waals surface area contributed by atoms with Crippen LogP contribution in [0.25, 0.3) is 0 Å². The Labute approximate surface area is 138 Å². The number of benzene rings is 1. The number of likely N-dealkylation sites (tertiary alicyclic amines) is 1. The second kappa shape index (κ2) is 6.00. The Morgan fingerprint density at radius 3 is 2.61 bits per heavy atom. The highest BCUT2D eigenvalue weighted by Gasteiger charge is 2.49. The van der Waals surface area contributed by atoms with Gasteiger partial charge in [-0.15, -0.1) is 0 Å². The second-order valence-corrected chi connectivity index (χ2v) is 6.71. The molecular weight excluding hydrogens is 290 g/mol. The van der Waals surface area contributed by atoms with Crippen LogP contribution in [-0.2, 0) is 10.2 Å². The number of allylic oxidation sites excluding steroid dienone is 1. The van der Waals surface area contributed by atoms with Gasteiger partial charge in [0.25, 0.3) is 0 Å². The van der Waals surface area contributed by atoms with Crippen LogP contribution in [0.1, 0.15) is 32.3 Å². The number of fused-ring (bicyclic) bond motifs is 1. The monoisotopic (exact) mass is 315 g/mol. The zero-order valence-electron chi connectivity index (χ0n) is 14.3. The van der Waals surface area contributed by atoms with E-state index in [9.17, 15) is 4.79 Å². The van der Waals surface area contributed by atoms with Gasteiger partial charge < -0.3 is 9.47 Å². The third kappa shape index (κ3) is 2.55. The van der Waals surface area contributed by atoms with Gasteiger partial charge in [-0.3, -0.25) is 9.69 Å². The second-order valence-electron chi connectivity index (χ2n) is 6.71. The summed E-state index contributed by atoms with van der Waals surface area (Å²) in [6, 6.07) is 6.79. The van der Waals surface area contributed by atoms with Crippen molar-refractivity contribution in [3.63, 3.8) is 0 Å². The lowest BCUT2D eigenvalue weighted by Crippen LogP contribution is -2.47. The van der Waals surface area contributed by atoms with Crippen molar-refractivity contribution in [2.45, 2.75) is 44.2 Å². The van der Waals surface area contributed by atoms with E-state index in [0.717, 1.165) is 24.5 Å². The first-order valence-corrected chi connectivity index (χ1v) is 8.22. The minimum Gasteiger partial charge on any atom is -0.493 e. The molecule has 0 saturated carbocycles. The highest BCUT2D eigenvalue weighted by Crippen LogP contribution is 2.47. The highest BCUT2D eigenvalue weighted by molar-refractivity contribution is 5.92. The number of carbonyl (C=O) groups excluding carboxylic acids is 1. The molecule has 0 amide bonds. The van der Waals surface area contributed by atoms with Crippen LogP contribution in [0.2, 0.25) is 0 Å². The fourth-order valence-electron chi connectivity index (χ4n) is 4.10. The minimum atomic E-state index is -0.113. The Morgan fingerprint density at radius 1 is 1.22 bits per heavy atom. The topological polar surface area (TPSA) is 38.8 Å². The molecule has 0 N–H and O–H groups in total. The van der Waals surface area contributed by atoms with Crippen LogP contribution in [0.5, 0.6) is 11.5 Å². The summed E-state index contributed by atoms with van der Waals surface area (Å²) in [6.45, 7) is 5.41. The summed E-state index contributed by atoms with van der Waals surface area (Å²) >= 11 is 0. The van der Waals surface area contributed by atoms with Crippen molar-refractivity contribution in [1.29, 1.82) is 0 Å². The molecule has 0 aromatic heterocycles. The average Bonchev–Trinajstić information content (AvgIpc) is 2.94. The van der Waals surface area contributed by atoms with Gasteiger partial charge in [-0.1, -0.05) is 12.1 Å². The standard InChI is InChI=1S/C19H25NO3/c1-13(2)20-10-9-19(8-7-15(21)12-18(19)20)14-5-6-16(22-3)17(11-14)23-4/h5-8,11,13,18H,9-10,12H2,1-4H3/t18-,19+/m1/s1. The molecule has 3 rings (SSSR count). The van der Waals surface area contributed by atoms with E-state index in [1.54, 1.807) is 20.3 Å². The number of carbonyl (C=O) groups is 1. The first-order valence-electron chi connectivity index (χ1n) is 8.22. The molecule has 4 nitrogen and oxygen atoms in total. The zero-order valence-corrected chi connectivity index (χ0v) is 14.3. The normalized spacial score (nSPS) is 27.3. The maximum absolute atomic E-state index is 12.0. The van der Waals surface area contributed by atoms with Gasteiger partial charge in [-0.2, -0.15) is 0 Å². The van der Waals surface area contributed by atoms with Crippen molar-refractivity contribution in [2.75, 3.05) is 20.8 Å². The molecule has 0 bridgehead atoms.